The fraction of sp³-hybridized carbons (Fsp3) is 0.409. The lowest BCUT2D eigenvalue weighted by Crippen LogP contribution is -2.49. The number of piperazine rings is 2. The van der Waals surface area contributed by atoms with Gasteiger partial charge in [-0.15, -0.1) is 0 Å². The molecule has 4 rings (SSSR count). The standard InChI is InChI=1S/C22H23ClF3N5O3/c1-27-2-4-28(5-3-27)19-13-20(21(31(33)34)12-18(19)26)29-6-8-30(9-7-29)22(32)14-10-16(24)17(25)11-15(14)23/h10-13H,2-9H2,1H3. The molecule has 0 atom stereocenters. The second-order valence-electron chi connectivity index (χ2n) is 8.37. The summed E-state index contributed by atoms with van der Waals surface area (Å²) in [6.07, 6.45) is 0. The molecule has 2 aliphatic rings. The highest BCUT2D eigenvalue weighted by atomic mass is 35.5. The van der Waals surface area contributed by atoms with Crippen molar-refractivity contribution in [2.24, 2.45) is 0 Å². The Morgan fingerprint density at radius 3 is 2.03 bits per heavy atom. The lowest BCUT2D eigenvalue weighted by Gasteiger charge is -2.37. The Balaban J connectivity index is 1.54. The highest BCUT2D eigenvalue weighted by Gasteiger charge is 2.30. The third-order valence-electron chi connectivity index (χ3n) is 6.23. The first-order valence-electron chi connectivity index (χ1n) is 10.8. The molecular weight excluding hydrogens is 475 g/mol. The smallest absolute Gasteiger partial charge is 0.295 e. The number of anilines is 2. The summed E-state index contributed by atoms with van der Waals surface area (Å²) in [4.78, 5) is 31.0. The molecule has 12 heteroatoms. The van der Waals surface area contributed by atoms with Gasteiger partial charge in [0.25, 0.3) is 11.6 Å². The number of carbonyl (C=O) groups excluding carboxylic acids is 1. The predicted molar refractivity (Wildman–Crippen MR) is 122 cm³/mol. The maximum absolute atomic E-state index is 14.8. The average Bonchev–Trinajstić information content (AvgIpc) is 2.81. The largest absolute Gasteiger partial charge is 0.367 e. The number of halogens is 4. The Kier molecular flexibility index (Phi) is 6.85. The topological polar surface area (TPSA) is 73.2 Å². The van der Waals surface area contributed by atoms with Crippen molar-refractivity contribution >= 4 is 34.6 Å². The molecule has 0 bridgehead atoms. The zero-order valence-corrected chi connectivity index (χ0v) is 19.2. The first-order chi connectivity index (χ1) is 16.2. The number of nitrogens with zero attached hydrogens (tertiary/aromatic N) is 5. The van der Waals surface area contributed by atoms with Gasteiger partial charge in [0, 0.05) is 52.4 Å². The van der Waals surface area contributed by atoms with E-state index in [1.165, 1.54) is 11.0 Å². The van der Waals surface area contributed by atoms with Crippen molar-refractivity contribution in [3.63, 3.8) is 0 Å². The fourth-order valence-electron chi connectivity index (χ4n) is 4.24. The summed E-state index contributed by atoms with van der Waals surface area (Å²) in [5, 5.41) is 11.5. The highest BCUT2D eigenvalue weighted by Crippen LogP contribution is 2.36. The van der Waals surface area contributed by atoms with Crippen LogP contribution in [0, 0.1) is 27.6 Å². The molecule has 0 unspecified atom stereocenters. The van der Waals surface area contributed by atoms with E-state index in [-0.39, 0.29) is 48.1 Å². The van der Waals surface area contributed by atoms with Gasteiger partial charge in [0.1, 0.15) is 5.69 Å². The summed E-state index contributed by atoms with van der Waals surface area (Å²) < 4.78 is 41.8. The number of hydrogen-bond donors (Lipinski definition) is 0. The fourth-order valence-corrected chi connectivity index (χ4v) is 4.47. The highest BCUT2D eigenvalue weighted by molar-refractivity contribution is 6.33. The third-order valence-corrected chi connectivity index (χ3v) is 6.55. The molecule has 182 valence electrons. The van der Waals surface area contributed by atoms with Crippen LogP contribution in [-0.2, 0) is 0 Å². The van der Waals surface area contributed by atoms with Gasteiger partial charge < -0.3 is 19.6 Å². The number of rotatable bonds is 4. The first-order valence-corrected chi connectivity index (χ1v) is 11.1. The molecule has 34 heavy (non-hydrogen) atoms. The predicted octanol–water partition coefficient (Wildman–Crippen LogP) is 3.38. The minimum Gasteiger partial charge on any atom is -0.367 e. The molecule has 2 aromatic carbocycles. The molecule has 2 heterocycles. The van der Waals surface area contributed by atoms with Crippen LogP contribution >= 0.6 is 11.6 Å². The van der Waals surface area contributed by atoms with Crippen molar-refractivity contribution in [2.45, 2.75) is 0 Å². The third kappa shape index (κ3) is 4.76. The molecule has 2 aromatic rings. The lowest BCUT2D eigenvalue weighted by molar-refractivity contribution is -0.384. The van der Waals surface area contributed by atoms with E-state index in [4.69, 9.17) is 11.6 Å². The Bertz CT molecular complexity index is 1120. The van der Waals surface area contributed by atoms with E-state index in [1.54, 1.807) is 4.90 Å². The van der Waals surface area contributed by atoms with Crippen molar-refractivity contribution < 1.29 is 22.9 Å². The SMILES string of the molecule is CN1CCN(c2cc(N3CCN(C(=O)c4cc(F)c(F)cc4Cl)CC3)c([N+](=O)[O-])cc2F)CC1. The molecule has 0 aromatic heterocycles. The van der Waals surface area contributed by atoms with Crippen LogP contribution in [0.3, 0.4) is 0 Å². The van der Waals surface area contributed by atoms with Crippen LogP contribution in [0.1, 0.15) is 10.4 Å². The van der Waals surface area contributed by atoms with Crippen molar-refractivity contribution in [3.05, 3.63) is 62.4 Å². The molecule has 0 radical (unpaired) electrons. The number of nitro benzene ring substituents is 1. The number of nitro groups is 1. The molecule has 2 aliphatic heterocycles. The Hall–Kier alpha value is -3.05. The second-order valence-corrected chi connectivity index (χ2v) is 8.77. The van der Waals surface area contributed by atoms with Gasteiger partial charge in [-0.2, -0.15) is 0 Å². The average molecular weight is 498 g/mol. The first kappa shape index (κ1) is 24.1. The van der Waals surface area contributed by atoms with E-state index in [1.807, 2.05) is 11.9 Å². The van der Waals surface area contributed by atoms with Crippen LogP contribution in [0.5, 0.6) is 0 Å². The molecule has 2 saturated heterocycles. The van der Waals surface area contributed by atoms with Crippen molar-refractivity contribution in [2.75, 3.05) is 69.2 Å². The number of likely N-dealkylation sites (N-methyl/N-ethyl adjacent to an activating group) is 1. The van der Waals surface area contributed by atoms with E-state index in [0.717, 1.165) is 31.3 Å². The quantitative estimate of drug-likeness (QED) is 0.366. The summed E-state index contributed by atoms with van der Waals surface area (Å²) in [6.45, 7) is 3.52. The summed E-state index contributed by atoms with van der Waals surface area (Å²) in [6, 6.07) is 3.96. The van der Waals surface area contributed by atoms with Gasteiger partial charge in [-0.05, 0) is 25.2 Å². The van der Waals surface area contributed by atoms with Gasteiger partial charge in [-0.3, -0.25) is 14.9 Å². The molecule has 1 amide bonds. The van der Waals surface area contributed by atoms with E-state index < -0.39 is 28.3 Å². The molecular formula is C22H23ClF3N5O3. The Morgan fingerprint density at radius 2 is 1.41 bits per heavy atom. The van der Waals surface area contributed by atoms with E-state index in [2.05, 4.69) is 4.90 Å². The Morgan fingerprint density at radius 1 is 0.853 bits per heavy atom. The van der Waals surface area contributed by atoms with Crippen molar-refractivity contribution in [3.8, 4) is 0 Å². The van der Waals surface area contributed by atoms with Crippen LogP contribution in [-0.4, -0.2) is 80.0 Å². The monoisotopic (exact) mass is 497 g/mol. The number of carbonyl (C=O) groups is 1. The summed E-state index contributed by atoms with van der Waals surface area (Å²) in [5.41, 5.74) is 0.0806. The molecule has 0 spiro atoms. The van der Waals surface area contributed by atoms with Gasteiger partial charge in [0.15, 0.2) is 17.5 Å². The molecule has 0 aliphatic carbocycles. The summed E-state index contributed by atoms with van der Waals surface area (Å²) in [7, 11) is 1.98. The van der Waals surface area contributed by atoms with Gasteiger partial charge in [0.05, 0.1) is 27.3 Å². The van der Waals surface area contributed by atoms with Gasteiger partial charge in [0.2, 0.25) is 0 Å². The maximum Gasteiger partial charge on any atom is 0.295 e. The molecule has 0 N–H and O–H groups in total. The van der Waals surface area contributed by atoms with Crippen LogP contribution in [0.25, 0.3) is 0 Å². The maximum atomic E-state index is 14.8. The molecule has 0 saturated carbocycles. The van der Waals surface area contributed by atoms with Crippen molar-refractivity contribution in [1.82, 2.24) is 9.80 Å². The van der Waals surface area contributed by atoms with E-state index >= 15 is 0 Å². The van der Waals surface area contributed by atoms with Crippen LogP contribution in [0.2, 0.25) is 5.02 Å². The van der Waals surface area contributed by atoms with Gasteiger partial charge >= 0.3 is 0 Å². The second kappa shape index (κ2) is 9.67. The van der Waals surface area contributed by atoms with Gasteiger partial charge in [-0.1, -0.05) is 11.6 Å². The van der Waals surface area contributed by atoms with Crippen LogP contribution < -0.4 is 9.80 Å². The normalized spacial score (nSPS) is 17.3. The minimum absolute atomic E-state index is 0.154. The summed E-state index contributed by atoms with van der Waals surface area (Å²) >= 11 is 5.93. The lowest BCUT2D eigenvalue weighted by atomic mass is 10.1. The van der Waals surface area contributed by atoms with Gasteiger partial charge in [-0.25, -0.2) is 13.2 Å². The summed E-state index contributed by atoms with van der Waals surface area (Å²) in [5.74, 6) is -3.53. The number of hydrogen-bond acceptors (Lipinski definition) is 6. The Labute approximate surface area is 199 Å². The van der Waals surface area contributed by atoms with Crippen LogP contribution in [0.15, 0.2) is 24.3 Å². The number of amides is 1. The zero-order chi connectivity index (χ0) is 24.6. The zero-order valence-electron chi connectivity index (χ0n) is 18.4. The van der Waals surface area contributed by atoms with Crippen LogP contribution in [0.4, 0.5) is 30.2 Å². The van der Waals surface area contributed by atoms with E-state index in [0.29, 0.717) is 18.8 Å². The molecule has 8 nitrogen and oxygen atoms in total. The number of benzene rings is 2. The molecule has 2 fully saturated rings. The van der Waals surface area contributed by atoms with E-state index in [9.17, 15) is 28.1 Å². The minimum atomic E-state index is -1.18. The van der Waals surface area contributed by atoms with Crippen molar-refractivity contribution in [1.29, 1.82) is 0 Å².